The third-order valence-corrected chi connectivity index (χ3v) is 3.72. The van der Waals surface area contributed by atoms with E-state index in [1.807, 2.05) is 6.07 Å². The van der Waals surface area contributed by atoms with E-state index in [-0.39, 0.29) is 0 Å². The molecule has 0 fully saturated rings. The van der Waals surface area contributed by atoms with E-state index in [4.69, 9.17) is 10.0 Å². The van der Waals surface area contributed by atoms with Crippen molar-refractivity contribution in [2.45, 2.75) is 13.8 Å². The molecule has 5 nitrogen and oxygen atoms in total. The first-order chi connectivity index (χ1) is 10.5. The zero-order valence-electron chi connectivity index (χ0n) is 12.4. The van der Waals surface area contributed by atoms with Gasteiger partial charge in [-0.2, -0.15) is 0 Å². The summed E-state index contributed by atoms with van der Waals surface area (Å²) >= 11 is 0. The van der Waals surface area contributed by atoms with Gasteiger partial charge in [-0.3, -0.25) is 0 Å². The molecule has 0 aliphatic heterocycles. The molecule has 0 aliphatic rings. The number of nitrogens with zero attached hydrogens (tertiary/aromatic N) is 2. The Kier molecular flexibility index (Phi) is 3.79. The molecule has 1 heterocycles. The second-order valence-corrected chi connectivity index (χ2v) is 5.30. The van der Waals surface area contributed by atoms with Crippen LogP contribution in [0.4, 0.5) is 11.5 Å². The van der Waals surface area contributed by atoms with Crippen molar-refractivity contribution in [2.24, 2.45) is 0 Å². The van der Waals surface area contributed by atoms with Gasteiger partial charge in [-0.1, -0.05) is 12.1 Å². The monoisotopic (exact) mass is 293 g/mol. The van der Waals surface area contributed by atoms with Gasteiger partial charge in [0, 0.05) is 11.1 Å². The Balaban J connectivity index is 1.98. The lowest BCUT2D eigenvalue weighted by Crippen LogP contribution is -2.29. The Labute approximate surface area is 128 Å². The van der Waals surface area contributed by atoms with Crippen LogP contribution in [-0.2, 0) is 0 Å². The summed E-state index contributed by atoms with van der Waals surface area (Å²) in [7, 11) is -1.46. The fourth-order valence-corrected chi connectivity index (χ4v) is 2.29. The van der Waals surface area contributed by atoms with Crippen LogP contribution < -0.4 is 10.8 Å². The molecule has 0 aliphatic carbocycles. The molecular formula is C16H16BN3O2. The number of fused-ring (bicyclic) bond motifs is 1. The Morgan fingerprint density at radius 2 is 1.64 bits per heavy atom. The highest BCUT2D eigenvalue weighted by Crippen LogP contribution is 2.25. The lowest BCUT2D eigenvalue weighted by Gasteiger charge is -2.10. The summed E-state index contributed by atoms with van der Waals surface area (Å²) < 4.78 is 0. The molecule has 2 aromatic carbocycles. The molecule has 1 aromatic heterocycles. The van der Waals surface area contributed by atoms with Crippen molar-refractivity contribution in [3.8, 4) is 0 Å². The van der Waals surface area contributed by atoms with E-state index in [0.717, 1.165) is 22.4 Å². The molecule has 110 valence electrons. The Morgan fingerprint density at radius 1 is 0.955 bits per heavy atom. The number of benzene rings is 2. The zero-order valence-corrected chi connectivity index (χ0v) is 12.4. The first-order valence-electron chi connectivity index (χ1n) is 6.99. The third-order valence-electron chi connectivity index (χ3n) is 3.72. The largest absolute Gasteiger partial charge is 0.488 e. The minimum atomic E-state index is -1.46. The van der Waals surface area contributed by atoms with Crippen LogP contribution in [0.25, 0.3) is 10.9 Å². The van der Waals surface area contributed by atoms with Gasteiger partial charge in [-0.25, -0.2) is 9.97 Å². The molecule has 0 atom stereocenters. The molecule has 0 bridgehead atoms. The lowest BCUT2D eigenvalue weighted by atomic mass is 9.80. The molecule has 0 radical (unpaired) electrons. The van der Waals surface area contributed by atoms with E-state index in [1.54, 1.807) is 24.3 Å². The van der Waals surface area contributed by atoms with Gasteiger partial charge in [-0.05, 0) is 54.7 Å². The first-order valence-corrected chi connectivity index (χ1v) is 6.99. The molecule has 0 spiro atoms. The average Bonchev–Trinajstić information content (AvgIpc) is 2.50. The van der Waals surface area contributed by atoms with E-state index in [2.05, 4.69) is 35.2 Å². The predicted molar refractivity (Wildman–Crippen MR) is 88.6 cm³/mol. The van der Waals surface area contributed by atoms with Crippen molar-refractivity contribution in [1.82, 2.24) is 9.97 Å². The van der Waals surface area contributed by atoms with E-state index in [9.17, 15) is 0 Å². The summed E-state index contributed by atoms with van der Waals surface area (Å²) in [6, 6.07) is 11.0. The average molecular weight is 293 g/mol. The van der Waals surface area contributed by atoms with Crippen molar-refractivity contribution in [2.75, 3.05) is 5.32 Å². The minimum Gasteiger partial charge on any atom is -0.423 e. The number of hydrogen-bond acceptors (Lipinski definition) is 5. The van der Waals surface area contributed by atoms with Crippen LogP contribution in [0, 0.1) is 13.8 Å². The molecule has 0 amide bonds. The molecule has 6 heteroatoms. The quantitative estimate of drug-likeness (QED) is 0.640. The van der Waals surface area contributed by atoms with Crippen molar-refractivity contribution in [1.29, 1.82) is 0 Å². The van der Waals surface area contributed by atoms with E-state index in [0.29, 0.717) is 5.46 Å². The highest BCUT2D eigenvalue weighted by molar-refractivity contribution is 6.58. The SMILES string of the molecule is Cc1cc2ncnc(Nc3ccc(B(O)O)cc3)c2cc1C. The summed E-state index contributed by atoms with van der Waals surface area (Å²) in [5.74, 6) is 0.727. The van der Waals surface area contributed by atoms with Gasteiger partial charge < -0.3 is 15.4 Å². The highest BCUT2D eigenvalue weighted by Gasteiger charge is 2.10. The van der Waals surface area contributed by atoms with Crippen LogP contribution >= 0.6 is 0 Å². The second-order valence-electron chi connectivity index (χ2n) is 5.30. The van der Waals surface area contributed by atoms with Gasteiger partial charge in [-0.15, -0.1) is 0 Å². The summed E-state index contributed by atoms with van der Waals surface area (Å²) in [4.78, 5) is 8.62. The standard InChI is InChI=1S/C16H16BN3O2/c1-10-7-14-15(8-11(10)2)18-9-19-16(14)20-13-5-3-12(4-6-13)17(21)22/h3-9,21-22H,1-2H3,(H,18,19,20). The summed E-state index contributed by atoms with van der Waals surface area (Å²) in [6.07, 6.45) is 1.53. The fourth-order valence-electron chi connectivity index (χ4n) is 2.29. The maximum Gasteiger partial charge on any atom is 0.488 e. The van der Waals surface area contributed by atoms with Gasteiger partial charge >= 0.3 is 7.12 Å². The summed E-state index contributed by atoms with van der Waals surface area (Å²) in [5, 5.41) is 22.4. The van der Waals surface area contributed by atoms with Crippen molar-refractivity contribution in [3.63, 3.8) is 0 Å². The van der Waals surface area contributed by atoms with Crippen LogP contribution in [0.2, 0.25) is 0 Å². The summed E-state index contributed by atoms with van der Waals surface area (Å²) in [6.45, 7) is 4.12. The highest BCUT2D eigenvalue weighted by atomic mass is 16.4. The van der Waals surface area contributed by atoms with Gasteiger partial charge in [0.2, 0.25) is 0 Å². The topological polar surface area (TPSA) is 78.3 Å². The number of hydrogen-bond donors (Lipinski definition) is 3. The van der Waals surface area contributed by atoms with Crippen molar-refractivity contribution < 1.29 is 10.0 Å². The van der Waals surface area contributed by atoms with Crippen LogP contribution in [0.1, 0.15) is 11.1 Å². The zero-order chi connectivity index (χ0) is 15.7. The minimum absolute atomic E-state index is 0.449. The number of aromatic nitrogens is 2. The fraction of sp³-hybridized carbons (Fsp3) is 0.125. The molecule has 3 N–H and O–H groups in total. The van der Waals surface area contributed by atoms with E-state index >= 15 is 0 Å². The molecule has 3 rings (SSSR count). The second kappa shape index (κ2) is 5.75. The van der Waals surface area contributed by atoms with Crippen LogP contribution in [0.3, 0.4) is 0 Å². The van der Waals surface area contributed by atoms with Crippen molar-refractivity contribution >= 4 is 35.0 Å². The van der Waals surface area contributed by atoms with Crippen LogP contribution in [-0.4, -0.2) is 27.1 Å². The maximum absolute atomic E-state index is 9.12. The van der Waals surface area contributed by atoms with Gasteiger partial charge in [0.1, 0.15) is 12.1 Å². The van der Waals surface area contributed by atoms with Crippen LogP contribution in [0.5, 0.6) is 0 Å². The number of anilines is 2. The van der Waals surface area contributed by atoms with Crippen molar-refractivity contribution in [3.05, 3.63) is 53.9 Å². The Hall–Kier alpha value is -2.44. The molecule has 0 saturated heterocycles. The third kappa shape index (κ3) is 2.79. The molecule has 22 heavy (non-hydrogen) atoms. The number of aryl methyl sites for hydroxylation is 2. The lowest BCUT2D eigenvalue weighted by molar-refractivity contribution is 0.426. The Morgan fingerprint density at radius 3 is 2.32 bits per heavy atom. The Bertz CT molecular complexity index is 819. The molecule has 3 aromatic rings. The van der Waals surface area contributed by atoms with E-state index < -0.39 is 7.12 Å². The van der Waals surface area contributed by atoms with Gasteiger partial charge in [0.25, 0.3) is 0 Å². The molecular weight excluding hydrogens is 277 g/mol. The first kappa shape index (κ1) is 14.5. The van der Waals surface area contributed by atoms with Gasteiger partial charge in [0.05, 0.1) is 5.52 Å². The summed E-state index contributed by atoms with van der Waals surface area (Å²) in [5.41, 5.74) is 4.54. The van der Waals surface area contributed by atoms with Gasteiger partial charge in [0.15, 0.2) is 0 Å². The number of nitrogens with one attached hydrogen (secondary N) is 1. The molecule has 0 unspecified atom stereocenters. The molecule has 0 saturated carbocycles. The smallest absolute Gasteiger partial charge is 0.423 e. The number of rotatable bonds is 3. The van der Waals surface area contributed by atoms with E-state index in [1.165, 1.54) is 17.5 Å². The predicted octanol–water partition coefficient (Wildman–Crippen LogP) is 1.67. The maximum atomic E-state index is 9.12. The van der Waals surface area contributed by atoms with Crippen LogP contribution in [0.15, 0.2) is 42.7 Å². The normalized spacial score (nSPS) is 10.7.